The lowest BCUT2D eigenvalue weighted by Gasteiger charge is -2.13. The second kappa shape index (κ2) is 4.93. The summed E-state index contributed by atoms with van der Waals surface area (Å²) in [5.74, 6) is -0.418. The lowest BCUT2D eigenvalue weighted by molar-refractivity contribution is -0.137. The molecule has 0 amide bonds. The molecule has 1 aromatic carbocycles. The van der Waals surface area contributed by atoms with E-state index in [-0.39, 0.29) is 5.28 Å². The van der Waals surface area contributed by atoms with Gasteiger partial charge in [0.2, 0.25) is 5.28 Å². The average Bonchev–Trinajstić information content (AvgIpc) is 2.27. The summed E-state index contributed by atoms with van der Waals surface area (Å²) in [6.07, 6.45) is -3.95. The minimum absolute atomic E-state index is 0.278. The molecule has 1 heterocycles. The van der Waals surface area contributed by atoms with E-state index in [4.69, 9.17) is 17.3 Å². The van der Waals surface area contributed by atoms with Crippen LogP contribution in [0, 0.1) is 0 Å². The molecule has 1 aromatic heterocycles. The zero-order chi connectivity index (χ0) is 14.0. The molecule has 0 aliphatic heterocycles. The summed E-state index contributed by atoms with van der Waals surface area (Å²) in [4.78, 5) is 6.88. The van der Waals surface area contributed by atoms with Crippen LogP contribution < -0.4 is 11.1 Å². The summed E-state index contributed by atoms with van der Waals surface area (Å²) in [5.41, 5.74) is 5.34. The van der Waals surface area contributed by atoms with Gasteiger partial charge in [0.1, 0.15) is 11.4 Å². The second-order valence-corrected chi connectivity index (χ2v) is 3.99. The Morgan fingerprint density at radius 3 is 2.63 bits per heavy atom. The van der Waals surface area contributed by atoms with Gasteiger partial charge in [0.05, 0.1) is 0 Å². The maximum Gasteiger partial charge on any atom is 0.421 e. The molecular formula is C11H8ClF3N4. The van der Waals surface area contributed by atoms with Gasteiger partial charge in [0, 0.05) is 17.6 Å². The minimum atomic E-state index is -4.58. The molecule has 100 valence electrons. The van der Waals surface area contributed by atoms with E-state index in [0.29, 0.717) is 17.6 Å². The molecule has 2 aromatic rings. The van der Waals surface area contributed by atoms with Crippen LogP contribution in [0.25, 0.3) is 0 Å². The maximum absolute atomic E-state index is 12.8. The number of hydrogen-bond donors (Lipinski definition) is 2. The standard InChI is InChI=1S/C11H8ClF3N4/c12-10-17-5-8(11(13,14)15)9(19-10)18-7-3-1-2-6(16)4-7/h1-5H,16H2,(H,17,18,19). The highest BCUT2D eigenvalue weighted by Gasteiger charge is 2.35. The molecule has 2 rings (SSSR count). The molecule has 0 unspecified atom stereocenters. The first-order valence-corrected chi connectivity index (χ1v) is 5.46. The zero-order valence-corrected chi connectivity index (χ0v) is 10.1. The zero-order valence-electron chi connectivity index (χ0n) is 9.37. The molecule has 19 heavy (non-hydrogen) atoms. The molecule has 0 aliphatic rings. The molecule has 4 nitrogen and oxygen atoms in total. The van der Waals surface area contributed by atoms with E-state index in [1.807, 2.05) is 0 Å². The second-order valence-electron chi connectivity index (χ2n) is 3.65. The van der Waals surface area contributed by atoms with Gasteiger partial charge in [-0.15, -0.1) is 0 Å². The Morgan fingerprint density at radius 2 is 2.00 bits per heavy atom. The normalized spacial score (nSPS) is 11.4. The topological polar surface area (TPSA) is 63.8 Å². The van der Waals surface area contributed by atoms with Crippen molar-refractivity contribution in [3.63, 3.8) is 0 Å². The highest BCUT2D eigenvalue weighted by molar-refractivity contribution is 6.28. The summed E-state index contributed by atoms with van der Waals surface area (Å²) < 4.78 is 38.3. The van der Waals surface area contributed by atoms with Crippen molar-refractivity contribution < 1.29 is 13.2 Å². The Bertz CT molecular complexity index is 601. The number of benzene rings is 1. The van der Waals surface area contributed by atoms with Crippen molar-refractivity contribution in [3.05, 3.63) is 41.3 Å². The lowest BCUT2D eigenvalue weighted by atomic mass is 10.2. The van der Waals surface area contributed by atoms with E-state index >= 15 is 0 Å². The third kappa shape index (κ3) is 3.25. The molecule has 0 atom stereocenters. The monoisotopic (exact) mass is 288 g/mol. The van der Waals surface area contributed by atoms with E-state index in [1.54, 1.807) is 18.2 Å². The van der Waals surface area contributed by atoms with Gasteiger partial charge >= 0.3 is 6.18 Å². The van der Waals surface area contributed by atoms with E-state index in [0.717, 1.165) is 0 Å². The molecule has 8 heteroatoms. The van der Waals surface area contributed by atoms with Gasteiger partial charge < -0.3 is 11.1 Å². The highest BCUT2D eigenvalue weighted by Crippen LogP contribution is 2.35. The van der Waals surface area contributed by atoms with Crippen LogP contribution in [0.3, 0.4) is 0 Å². The van der Waals surface area contributed by atoms with E-state index < -0.39 is 17.6 Å². The van der Waals surface area contributed by atoms with E-state index in [2.05, 4.69) is 15.3 Å². The number of rotatable bonds is 2. The number of nitrogens with two attached hydrogens (primary N) is 1. The number of nitrogen functional groups attached to an aromatic ring is 1. The van der Waals surface area contributed by atoms with Gasteiger partial charge in [0.15, 0.2) is 0 Å². The van der Waals surface area contributed by atoms with Crippen molar-refractivity contribution in [2.45, 2.75) is 6.18 Å². The minimum Gasteiger partial charge on any atom is -0.399 e. The van der Waals surface area contributed by atoms with Crippen LogP contribution in [0.1, 0.15) is 5.56 Å². The van der Waals surface area contributed by atoms with Gasteiger partial charge in [-0.2, -0.15) is 18.2 Å². The summed E-state index contributed by atoms with van der Waals surface area (Å²) in [7, 11) is 0. The molecule has 0 saturated carbocycles. The van der Waals surface area contributed by atoms with E-state index in [1.165, 1.54) is 6.07 Å². The molecule has 0 aliphatic carbocycles. The third-order valence-electron chi connectivity index (χ3n) is 2.21. The van der Waals surface area contributed by atoms with Gasteiger partial charge in [0.25, 0.3) is 0 Å². The average molecular weight is 289 g/mol. The van der Waals surface area contributed by atoms with Crippen LogP contribution in [-0.2, 0) is 6.18 Å². The fraction of sp³-hybridized carbons (Fsp3) is 0.0909. The van der Waals surface area contributed by atoms with Crippen molar-refractivity contribution in [3.8, 4) is 0 Å². The Balaban J connectivity index is 2.41. The summed E-state index contributed by atoms with van der Waals surface area (Å²) in [6.45, 7) is 0. The predicted octanol–water partition coefficient (Wildman–Crippen LogP) is 3.47. The van der Waals surface area contributed by atoms with Crippen molar-refractivity contribution >= 4 is 28.8 Å². The highest BCUT2D eigenvalue weighted by atomic mass is 35.5. The van der Waals surface area contributed by atoms with E-state index in [9.17, 15) is 13.2 Å². The van der Waals surface area contributed by atoms with Gasteiger partial charge in [-0.3, -0.25) is 0 Å². The molecule has 3 N–H and O–H groups in total. The largest absolute Gasteiger partial charge is 0.421 e. The number of nitrogens with one attached hydrogen (secondary N) is 1. The first-order valence-electron chi connectivity index (χ1n) is 5.08. The Hall–Kier alpha value is -2.02. The van der Waals surface area contributed by atoms with Crippen LogP contribution in [-0.4, -0.2) is 9.97 Å². The van der Waals surface area contributed by atoms with Gasteiger partial charge in [-0.05, 0) is 29.8 Å². The number of nitrogens with zero attached hydrogens (tertiary/aromatic N) is 2. The molecule has 0 bridgehead atoms. The smallest absolute Gasteiger partial charge is 0.399 e. The number of anilines is 3. The first kappa shape index (κ1) is 13.4. The molecule has 0 spiro atoms. The Morgan fingerprint density at radius 1 is 1.26 bits per heavy atom. The van der Waals surface area contributed by atoms with Gasteiger partial charge in [-0.25, -0.2) is 4.98 Å². The fourth-order valence-electron chi connectivity index (χ4n) is 1.42. The number of alkyl halides is 3. The maximum atomic E-state index is 12.8. The van der Waals surface area contributed by atoms with Crippen molar-refractivity contribution in [2.24, 2.45) is 0 Å². The van der Waals surface area contributed by atoms with Gasteiger partial charge in [-0.1, -0.05) is 6.07 Å². The third-order valence-corrected chi connectivity index (χ3v) is 2.40. The summed E-state index contributed by atoms with van der Waals surface area (Å²) >= 11 is 5.51. The predicted molar refractivity (Wildman–Crippen MR) is 66.2 cm³/mol. The summed E-state index contributed by atoms with van der Waals surface area (Å²) in [6, 6.07) is 6.26. The van der Waals surface area contributed by atoms with Crippen molar-refractivity contribution in [1.29, 1.82) is 0 Å². The van der Waals surface area contributed by atoms with Crippen LogP contribution in [0.2, 0.25) is 5.28 Å². The quantitative estimate of drug-likeness (QED) is 0.656. The molecular weight excluding hydrogens is 281 g/mol. The summed E-state index contributed by atoms with van der Waals surface area (Å²) in [5, 5.41) is 2.25. The van der Waals surface area contributed by atoms with Crippen LogP contribution >= 0.6 is 11.6 Å². The Labute approximate surface area is 111 Å². The Kier molecular flexibility index (Phi) is 3.48. The lowest BCUT2D eigenvalue weighted by Crippen LogP contribution is -2.11. The number of aromatic nitrogens is 2. The van der Waals surface area contributed by atoms with Crippen molar-refractivity contribution in [2.75, 3.05) is 11.1 Å². The number of halogens is 4. The first-order chi connectivity index (χ1) is 8.86. The molecule has 0 fully saturated rings. The SMILES string of the molecule is Nc1cccc(Nc2nc(Cl)ncc2C(F)(F)F)c1. The molecule has 0 radical (unpaired) electrons. The fourth-order valence-corrected chi connectivity index (χ4v) is 1.55. The number of hydrogen-bond acceptors (Lipinski definition) is 4. The van der Waals surface area contributed by atoms with Crippen molar-refractivity contribution in [1.82, 2.24) is 9.97 Å². The van der Waals surface area contributed by atoms with Crippen LogP contribution in [0.4, 0.5) is 30.4 Å². The van der Waals surface area contributed by atoms with Crippen LogP contribution in [0.15, 0.2) is 30.5 Å². The molecule has 0 saturated heterocycles. The van der Waals surface area contributed by atoms with Crippen LogP contribution in [0.5, 0.6) is 0 Å².